The Labute approximate surface area is 87.7 Å². The van der Waals surface area contributed by atoms with Gasteiger partial charge in [0.05, 0.1) is 17.9 Å². The molecule has 0 atom stereocenters. The lowest BCUT2D eigenvalue weighted by atomic mass is 10.2. The molecule has 1 aromatic rings. The minimum atomic E-state index is -0.353. The molecule has 0 fully saturated rings. The number of guanidine groups is 1. The molecule has 1 aromatic carbocycles. The molecular weight excluding hydrogens is 194 g/mol. The van der Waals surface area contributed by atoms with Gasteiger partial charge in [-0.1, -0.05) is 0 Å². The normalized spacial score (nSPS) is 9.40. The average molecular weight is 207 g/mol. The zero-order valence-electron chi connectivity index (χ0n) is 8.43. The van der Waals surface area contributed by atoms with Crippen molar-refractivity contribution < 1.29 is 9.53 Å². The summed E-state index contributed by atoms with van der Waals surface area (Å²) in [6.45, 7) is 2.11. The molecular formula is C10H13N3O2. The predicted octanol–water partition coefficient (Wildman–Crippen LogP) is 0.768. The molecule has 0 spiro atoms. The predicted molar refractivity (Wildman–Crippen MR) is 57.9 cm³/mol. The van der Waals surface area contributed by atoms with E-state index in [1.807, 2.05) is 0 Å². The summed E-state index contributed by atoms with van der Waals surface area (Å²) in [4.78, 5) is 15.1. The van der Waals surface area contributed by atoms with Crippen molar-refractivity contribution in [1.82, 2.24) is 0 Å². The number of carbonyl (C=O) groups is 1. The summed E-state index contributed by atoms with van der Waals surface area (Å²) in [6, 6.07) is 6.51. The number of ether oxygens (including phenoxy) is 1. The Balaban J connectivity index is 2.81. The molecule has 5 nitrogen and oxygen atoms in total. The van der Waals surface area contributed by atoms with E-state index in [4.69, 9.17) is 16.2 Å². The van der Waals surface area contributed by atoms with Crippen LogP contribution in [0.25, 0.3) is 0 Å². The third-order valence-electron chi connectivity index (χ3n) is 1.64. The molecule has 5 heteroatoms. The first-order valence-corrected chi connectivity index (χ1v) is 4.50. The lowest BCUT2D eigenvalue weighted by molar-refractivity contribution is 0.0526. The fourth-order valence-corrected chi connectivity index (χ4v) is 1.04. The highest BCUT2D eigenvalue weighted by atomic mass is 16.5. The van der Waals surface area contributed by atoms with Gasteiger partial charge in [-0.25, -0.2) is 9.79 Å². The van der Waals surface area contributed by atoms with Crippen molar-refractivity contribution in [1.29, 1.82) is 0 Å². The van der Waals surface area contributed by atoms with Crippen molar-refractivity contribution in [2.24, 2.45) is 16.5 Å². The fraction of sp³-hybridized carbons (Fsp3) is 0.200. The largest absolute Gasteiger partial charge is 0.462 e. The van der Waals surface area contributed by atoms with Crippen molar-refractivity contribution in [3.63, 3.8) is 0 Å². The van der Waals surface area contributed by atoms with Crippen LogP contribution < -0.4 is 11.5 Å². The van der Waals surface area contributed by atoms with Crippen LogP contribution in [0.1, 0.15) is 17.3 Å². The van der Waals surface area contributed by atoms with Gasteiger partial charge in [-0.3, -0.25) is 0 Å². The monoisotopic (exact) mass is 207 g/mol. The Morgan fingerprint density at radius 1 is 1.33 bits per heavy atom. The Morgan fingerprint density at radius 3 is 2.40 bits per heavy atom. The van der Waals surface area contributed by atoms with Gasteiger partial charge in [-0.2, -0.15) is 0 Å². The molecule has 0 saturated heterocycles. The Kier molecular flexibility index (Phi) is 3.68. The first-order valence-electron chi connectivity index (χ1n) is 4.50. The molecule has 80 valence electrons. The number of hydrogen-bond donors (Lipinski definition) is 2. The average Bonchev–Trinajstić information content (AvgIpc) is 2.18. The molecule has 0 aliphatic rings. The smallest absolute Gasteiger partial charge is 0.338 e. The number of nitrogens with two attached hydrogens (primary N) is 2. The first kappa shape index (κ1) is 11.0. The van der Waals surface area contributed by atoms with Crippen molar-refractivity contribution in [2.45, 2.75) is 6.92 Å². The number of carbonyl (C=O) groups excluding carboxylic acids is 1. The Hall–Kier alpha value is -2.04. The van der Waals surface area contributed by atoms with E-state index in [9.17, 15) is 4.79 Å². The maximum Gasteiger partial charge on any atom is 0.338 e. The second-order valence-electron chi connectivity index (χ2n) is 2.80. The van der Waals surface area contributed by atoms with E-state index in [0.717, 1.165) is 0 Å². The van der Waals surface area contributed by atoms with Gasteiger partial charge in [0.2, 0.25) is 0 Å². The lowest BCUT2D eigenvalue weighted by Gasteiger charge is -2.01. The third-order valence-corrected chi connectivity index (χ3v) is 1.64. The van der Waals surface area contributed by atoms with E-state index < -0.39 is 0 Å². The van der Waals surface area contributed by atoms with E-state index in [1.165, 1.54) is 0 Å². The number of nitrogens with zero attached hydrogens (tertiary/aromatic N) is 1. The standard InChI is InChI=1S/C10H13N3O2/c1-2-15-9(14)7-3-5-8(6-4-7)13-10(11)12/h3-6H,2H2,1H3,(H4,11,12,13). The zero-order chi connectivity index (χ0) is 11.3. The SMILES string of the molecule is CCOC(=O)c1ccc(N=C(N)N)cc1. The molecule has 0 aliphatic carbocycles. The molecule has 0 unspecified atom stereocenters. The van der Waals surface area contributed by atoms with Crippen LogP contribution in [0, 0.1) is 0 Å². The minimum Gasteiger partial charge on any atom is -0.462 e. The fourth-order valence-electron chi connectivity index (χ4n) is 1.04. The highest BCUT2D eigenvalue weighted by Crippen LogP contribution is 2.13. The maximum absolute atomic E-state index is 11.3. The van der Waals surface area contributed by atoms with Crippen LogP contribution in [-0.2, 0) is 4.74 Å². The van der Waals surface area contributed by atoms with E-state index in [0.29, 0.717) is 17.9 Å². The van der Waals surface area contributed by atoms with Gasteiger partial charge in [-0.15, -0.1) is 0 Å². The maximum atomic E-state index is 11.3. The van der Waals surface area contributed by atoms with Crippen LogP contribution in [0.15, 0.2) is 29.3 Å². The molecule has 15 heavy (non-hydrogen) atoms. The number of benzene rings is 1. The summed E-state index contributed by atoms with van der Waals surface area (Å²) >= 11 is 0. The zero-order valence-corrected chi connectivity index (χ0v) is 8.43. The number of esters is 1. The van der Waals surface area contributed by atoms with Gasteiger partial charge in [0.1, 0.15) is 0 Å². The Morgan fingerprint density at radius 2 is 1.93 bits per heavy atom. The third kappa shape index (κ3) is 3.30. The molecule has 0 aliphatic heterocycles. The van der Waals surface area contributed by atoms with Crippen LogP contribution in [0.4, 0.5) is 5.69 Å². The number of aliphatic imine (C=N–C) groups is 1. The van der Waals surface area contributed by atoms with Crippen LogP contribution >= 0.6 is 0 Å². The summed E-state index contributed by atoms with van der Waals surface area (Å²) in [7, 11) is 0. The van der Waals surface area contributed by atoms with Crippen LogP contribution in [0.5, 0.6) is 0 Å². The van der Waals surface area contributed by atoms with E-state index in [2.05, 4.69) is 4.99 Å². The van der Waals surface area contributed by atoms with Crippen molar-refractivity contribution in [3.05, 3.63) is 29.8 Å². The second kappa shape index (κ2) is 4.99. The summed E-state index contributed by atoms with van der Waals surface area (Å²) in [6.07, 6.45) is 0. The summed E-state index contributed by atoms with van der Waals surface area (Å²) in [5, 5.41) is 0. The van der Waals surface area contributed by atoms with Gasteiger partial charge in [0.25, 0.3) is 0 Å². The Bertz CT molecular complexity index is 367. The number of rotatable bonds is 3. The highest BCUT2D eigenvalue weighted by molar-refractivity contribution is 5.90. The van der Waals surface area contributed by atoms with E-state index in [1.54, 1.807) is 31.2 Å². The van der Waals surface area contributed by atoms with Crippen molar-refractivity contribution in [3.8, 4) is 0 Å². The molecule has 0 amide bonds. The number of hydrogen-bond acceptors (Lipinski definition) is 3. The summed E-state index contributed by atoms with van der Waals surface area (Å²) < 4.78 is 4.82. The topological polar surface area (TPSA) is 90.7 Å². The summed E-state index contributed by atoms with van der Waals surface area (Å²) in [5.41, 5.74) is 11.5. The molecule has 0 bridgehead atoms. The van der Waals surface area contributed by atoms with Gasteiger partial charge in [0, 0.05) is 0 Å². The molecule has 1 rings (SSSR count). The van der Waals surface area contributed by atoms with Gasteiger partial charge in [-0.05, 0) is 31.2 Å². The lowest BCUT2D eigenvalue weighted by Crippen LogP contribution is -2.21. The molecule has 0 heterocycles. The molecule has 0 saturated carbocycles. The second-order valence-corrected chi connectivity index (χ2v) is 2.80. The van der Waals surface area contributed by atoms with Gasteiger partial charge >= 0.3 is 5.97 Å². The van der Waals surface area contributed by atoms with E-state index in [-0.39, 0.29) is 11.9 Å². The highest BCUT2D eigenvalue weighted by Gasteiger charge is 2.04. The molecule has 0 aromatic heterocycles. The molecule has 0 radical (unpaired) electrons. The van der Waals surface area contributed by atoms with Crippen molar-refractivity contribution in [2.75, 3.05) is 6.61 Å². The minimum absolute atomic E-state index is 0.0149. The van der Waals surface area contributed by atoms with Crippen LogP contribution in [0.2, 0.25) is 0 Å². The van der Waals surface area contributed by atoms with Crippen molar-refractivity contribution >= 4 is 17.6 Å². The molecule has 4 N–H and O–H groups in total. The van der Waals surface area contributed by atoms with Crippen LogP contribution in [-0.4, -0.2) is 18.5 Å². The quantitative estimate of drug-likeness (QED) is 0.435. The van der Waals surface area contributed by atoms with Gasteiger partial charge in [0.15, 0.2) is 5.96 Å². The van der Waals surface area contributed by atoms with E-state index >= 15 is 0 Å². The summed E-state index contributed by atoms with van der Waals surface area (Å²) in [5.74, 6) is -0.368. The van der Waals surface area contributed by atoms with Crippen LogP contribution in [0.3, 0.4) is 0 Å². The van der Waals surface area contributed by atoms with Gasteiger partial charge < -0.3 is 16.2 Å². The first-order chi connectivity index (χ1) is 7.13.